The van der Waals surface area contributed by atoms with Gasteiger partial charge in [-0.1, -0.05) is 13.5 Å². The molecular formula is C4H8ClOP. The summed E-state index contributed by atoms with van der Waals surface area (Å²) in [6.45, 7) is 2.66. The van der Waals surface area contributed by atoms with Crippen molar-refractivity contribution in [3.8, 4) is 0 Å². The molecule has 3 heteroatoms. The van der Waals surface area contributed by atoms with Crippen molar-refractivity contribution < 1.29 is 4.57 Å². The van der Waals surface area contributed by atoms with Gasteiger partial charge in [-0.25, -0.2) is 0 Å². The molecule has 0 aliphatic rings. The summed E-state index contributed by atoms with van der Waals surface area (Å²) in [5.74, 6) is 1.31. The zero-order valence-electron chi connectivity index (χ0n) is 4.22. The second-order valence-corrected chi connectivity index (χ2v) is 5.32. The van der Waals surface area contributed by atoms with E-state index < -0.39 is 6.49 Å². The lowest BCUT2D eigenvalue weighted by Crippen LogP contribution is -1.66. The van der Waals surface area contributed by atoms with E-state index in [1.165, 1.54) is 5.82 Å². The molecule has 0 rings (SSSR count). The van der Waals surface area contributed by atoms with E-state index in [-0.39, 0.29) is 0 Å². The van der Waals surface area contributed by atoms with Crippen LogP contribution in [0.25, 0.3) is 0 Å². The highest BCUT2D eigenvalue weighted by atomic mass is 35.7. The number of hydrogen-bond acceptors (Lipinski definition) is 1. The van der Waals surface area contributed by atoms with Gasteiger partial charge in [0.25, 0.3) is 0 Å². The lowest BCUT2D eigenvalue weighted by molar-refractivity contribution is 0.590. The highest BCUT2D eigenvalue weighted by Crippen LogP contribution is 2.51. The number of hydrogen-bond donors (Lipinski definition) is 0. The van der Waals surface area contributed by atoms with Crippen molar-refractivity contribution in [2.75, 3.05) is 6.16 Å². The molecule has 0 saturated heterocycles. The van der Waals surface area contributed by atoms with Crippen molar-refractivity contribution in [1.29, 1.82) is 0 Å². The Morgan fingerprint density at radius 2 is 2.43 bits per heavy atom. The minimum Gasteiger partial charge on any atom is -0.302 e. The second-order valence-electron chi connectivity index (χ2n) is 1.20. The molecule has 0 aromatic rings. The maximum absolute atomic E-state index is 10.6. The maximum atomic E-state index is 10.6. The average Bonchev–Trinajstić information content (AvgIpc) is 1.68. The summed E-state index contributed by atoms with van der Waals surface area (Å²) < 4.78 is 10.6. The third-order valence-corrected chi connectivity index (χ3v) is 3.24. The summed E-state index contributed by atoms with van der Waals surface area (Å²) in [7, 11) is 0. The predicted molar refractivity (Wildman–Crippen MR) is 34.2 cm³/mol. The molecule has 7 heavy (non-hydrogen) atoms. The normalized spacial score (nSPS) is 18.0. The molecule has 1 nitrogen and oxygen atoms in total. The highest BCUT2D eigenvalue weighted by molar-refractivity contribution is 7.91. The smallest absolute Gasteiger partial charge is 0.189 e. The SMILES string of the molecule is C=CP(=O)(Cl)CC. The fourth-order valence-electron chi connectivity index (χ4n) is 0.129. The molecule has 0 aliphatic carbocycles. The quantitative estimate of drug-likeness (QED) is 0.536. The van der Waals surface area contributed by atoms with Gasteiger partial charge in [-0.15, -0.1) is 0 Å². The fourth-order valence-corrected chi connectivity index (χ4v) is 0.387. The molecule has 1 unspecified atom stereocenters. The van der Waals surface area contributed by atoms with E-state index in [9.17, 15) is 4.57 Å². The summed E-state index contributed by atoms with van der Waals surface area (Å²) in [6, 6.07) is 0. The molecule has 0 aromatic carbocycles. The first kappa shape index (κ1) is 7.26. The molecule has 1 atom stereocenters. The number of halogens is 1. The van der Waals surface area contributed by atoms with Crippen molar-refractivity contribution in [3.05, 3.63) is 12.4 Å². The minimum absolute atomic E-state index is 0.498. The first-order chi connectivity index (χ1) is 3.12. The summed E-state index contributed by atoms with van der Waals surface area (Å²) in [5.41, 5.74) is 0. The summed E-state index contributed by atoms with van der Waals surface area (Å²) in [5, 5.41) is 0. The third kappa shape index (κ3) is 2.90. The van der Waals surface area contributed by atoms with Crippen LogP contribution in [-0.4, -0.2) is 6.16 Å². The monoisotopic (exact) mass is 138 g/mol. The van der Waals surface area contributed by atoms with Crippen molar-refractivity contribution in [2.45, 2.75) is 6.92 Å². The Labute approximate surface area is 48.5 Å². The largest absolute Gasteiger partial charge is 0.302 e. The van der Waals surface area contributed by atoms with Crippen molar-refractivity contribution in [3.63, 3.8) is 0 Å². The molecule has 0 aliphatic heterocycles. The van der Waals surface area contributed by atoms with Gasteiger partial charge >= 0.3 is 0 Å². The molecule has 0 heterocycles. The molecule has 0 bridgehead atoms. The van der Waals surface area contributed by atoms with E-state index in [1.807, 2.05) is 0 Å². The molecule has 42 valence electrons. The molecular weight excluding hydrogens is 130 g/mol. The van der Waals surface area contributed by atoms with Crippen LogP contribution in [0.4, 0.5) is 0 Å². The van der Waals surface area contributed by atoms with E-state index in [0.29, 0.717) is 6.16 Å². The van der Waals surface area contributed by atoms with Crippen LogP contribution in [0.5, 0.6) is 0 Å². The van der Waals surface area contributed by atoms with Crippen LogP contribution in [0.2, 0.25) is 0 Å². The molecule has 0 saturated carbocycles. The number of rotatable bonds is 2. The molecule has 0 N–H and O–H groups in total. The van der Waals surface area contributed by atoms with Gasteiger partial charge < -0.3 is 4.57 Å². The van der Waals surface area contributed by atoms with Gasteiger partial charge in [0.1, 0.15) is 0 Å². The van der Waals surface area contributed by atoms with Crippen molar-refractivity contribution in [1.82, 2.24) is 0 Å². The highest BCUT2D eigenvalue weighted by Gasteiger charge is 2.06. The fraction of sp³-hybridized carbons (Fsp3) is 0.500. The van der Waals surface area contributed by atoms with Gasteiger partial charge in [-0.3, -0.25) is 0 Å². The van der Waals surface area contributed by atoms with Crippen molar-refractivity contribution >= 4 is 17.7 Å². The third-order valence-electron chi connectivity index (χ3n) is 0.704. The molecule has 0 amide bonds. The Balaban J connectivity index is 3.85. The Kier molecular flexibility index (Phi) is 2.63. The van der Waals surface area contributed by atoms with Crippen LogP contribution < -0.4 is 0 Å². The Bertz CT molecular complexity index is 110. The minimum atomic E-state index is -2.42. The molecule has 0 spiro atoms. The first-order valence-corrected chi connectivity index (χ1v) is 4.91. The maximum Gasteiger partial charge on any atom is 0.189 e. The van der Waals surface area contributed by atoms with Crippen LogP contribution in [0.3, 0.4) is 0 Å². The summed E-state index contributed by atoms with van der Waals surface area (Å²) in [6.07, 6.45) is 0.498. The first-order valence-electron chi connectivity index (χ1n) is 2.04. The van der Waals surface area contributed by atoms with Crippen LogP contribution in [0.15, 0.2) is 12.4 Å². The Morgan fingerprint density at radius 3 is 2.43 bits per heavy atom. The van der Waals surface area contributed by atoms with E-state index in [2.05, 4.69) is 6.58 Å². The standard InChI is InChI=1S/C4H8ClOP/c1-3-7(5,6)4-2/h3H,1,4H2,2H3. The lowest BCUT2D eigenvalue weighted by atomic mass is 11.0. The van der Waals surface area contributed by atoms with Gasteiger partial charge in [0.05, 0.1) is 0 Å². The van der Waals surface area contributed by atoms with Gasteiger partial charge in [-0.2, -0.15) is 0 Å². The van der Waals surface area contributed by atoms with Crippen LogP contribution in [0.1, 0.15) is 6.92 Å². The topological polar surface area (TPSA) is 17.1 Å². The van der Waals surface area contributed by atoms with E-state index in [4.69, 9.17) is 11.2 Å². The zero-order chi connectivity index (χ0) is 5.91. The van der Waals surface area contributed by atoms with E-state index in [1.54, 1.807) is 6.92 Å². The van der Waals surface area contributed by atoms with E-state index >= 15 is 0 Å². The second kappa shape index (κ2) is 2.54. The van der Waals surface area contributed by atoms with Crippen molar-refractivity contribution in [2.24, 2.45) is 0 Å². The lowest BCUT2D eigenvalue weighted by Gasteiger charge is -1.94. The van der Waals surface area contributed by atoms with Crippen LogP contribution in [0, 0.1) is 0 Å². The molecule has 0 radical (unpaired) electrons. The Hall–Kier alpha value is 0.260. The van der Waals surface area contributed by atoms with Gasteiger partial charge in [-0.05, 0) is 17.1 Å². The zero-order valence-corrected chi connectivity index (χ0v) is 5.88. The van der Waals surface area contributed by atoms with Gasteiger partial charge in [0.2, 0.25) is 0 Å². The summed E-state index contributed by atoms with van der Waals surface area (Å²) >= 11 is 5.34. The van der Waals surface area contributed by atoms with Crippen LogP contribution >= 0.6 is 17.7 Å². The predicted octanol–water partition coefficient (Wildman–Crippen LogP) is 2.67. The molecule has 0 fully saturated rings. The van der Waals surface area contributed by atoms with Gasteiger partial charge in [0, 0.05) is 6.16 Å². The molecule has 0 aromatic heterocycles. The average molecular weight is 139 g/mol. The van der Waals surface area contributed by atoms with E-state index in [0.717, 1.165) is 0 Å². The Morgan fingerprint density at radius 1 is 2.00 bits per heavy atom. The van der Waals surface area contributed by atoms with Crippen LogP contribution in [-0.2, 0) is 4.57 Å². The summed E-state index contributed by atoms with van der Waals surface area (Å²) in [4.78, 5) is 0. The van der Waals surface area contributed by atoms with Gasteiger partial charge in [0.15, 0.2) is 6.49 Å².